The van der Waals surface area contributed by atoms with E-state index in [1.807, 2.05) is 0 Å². The summed E-state index contributed by atoms with van der Waals surface area (Å²) in [7, 11) is 0.748. The first-order chi connectivity index (χ1) is 8.82. The number of aliphatic carboxylic acids is 1. The maximum absolute atomic E-state index is 13.1. The molecule has 1 heterocycles. The van der Waals surface area contributed by atoms with Crippen LogP contribution >= 0.6 is 0 Å². The molecule has 0 saturated carbocycles. The Morgan fingerprint density at radius 1 is 1.37 bits per heavy atom. The summed E-state index contributed by atoms with van der Waals surface area (Å²) in [6.07, 6.45) is -4.13. The van der Waals surface area contributed by atoms with Gasteiger partial charge in [-0.2, -0.15) is 13.2 Å². The maximum atomic E-state index is 13.1. The fourth-order valence-corrected chi connectivity index (χ4v) is 1.83. The highest BCUT2D eigenvalue weighted by Crippen LogP contribution is 2.45. The second-order valence-corrected chi connectivity index (χ2v) is 3.82. The minimum Gasteiger partial charge on any atom is -0.478 e. The number of carbonyl (C=O) groups is 1. The number of benzene rings is 1. The highest BCUT2D eigenvalue weighted by molar-refractivity contribution is 5.95. The van der Waals surface area contributed by atoms with E-state index < -0.39 is 23.5 Å². The standard InChI is InChI=1S/C12H9F3O4/c1-18-11(12(13,14)15)8(10(16)17)6-7-4-2-3-5-9(7)19-11/h2-6H,1H3,(H,16,17). The molecule has 1 N–H and O–H groups in total. The van der Waals surface area contributed by atoms with Crippen molar-refractivity contribution in [3.05, 3.63) is 35.4 Å². The van der Waals surface area contributed by atoms with Crippen molar-refractivity contribution >= 4 is 12.0 Å². The highest BCUT2D eigenvalue weighted by atomic mass is 19.4. The third-order valence-corrected chi connectivity index (χ3v) is 2.72. The van der Waals surface area contributed by atoms with Gasteiger partial charge in [0.15, 0.2) is 0 Å². The summed E-state index contributed by atoms with van der Waals surface area (Å²) in [5.74, 6) is -5.15. The molecule has 4 nitrogen and oxygen atoms in total. The second kappa shape index (κ2) is 4.27. The smallest absolute Gasteiger partial charge is 0.460 e. The molecule has 0 aliphatic carbocycles. The first-order valence-electron chi connectivity index (χ1n) is 5.17. The summed E-state index contributed by atoms with van der Waals surface area (Å²) in [4.78, 5) is 11.1. The maximum Gasteiger partial charge on any atom is 0.460 e. The van der Waals surface area contributed by atoms with Crippen LogP contribution in [0.25, 0.3) is 6.08 Å². The summed E-state index contributed by atoms with van der Waals surface area (Å²) >= 11 is 0. The van der Waals surface area contributed by atoms with E-state index in [1.54, 1.807) is 6.07 Å². The molecule has 1 atom stereocenters. The summed E-state index contributed by atoms with van der Waals surface area (Å²) < 4.78 is 48.6. The summed E-state index contributed by atoms with van der Waals surface area (Å²) in [6.45, 7) is 0. The predicted molar refractivity (Wildman–Crippen MR) is 58.5 cm³/mol. The van der Waals surface area contributed by atoms with Gasteiger partial charge in [0.05, 0.1) is 0 Å². The highest BCUT2D eigenvalue weighted by Gasteiger charge is 2.64. The molecule has 0 radical (unpaired) electrons. The van der Waals surface area contributed by atoms with Gasteiger partial charge in [0.25, 0.3) is 0 Å². The molecule has 1 unspecified atom stereocenters. The van der Waals surface area contributed by atoms with Gasteiger partial charge in [-0.25, -0.2) is 4.79 Å². The van der Waals surface area contributed by atoms with Crippen LogP contribution < -0.4 is 4.74 Å². The van der Waals surface area contributed by atoms with Gasteiger partial charge in [0, 0.05) is 12.7 Å². The topological polar surface area (TPSA) is 55.8 Å². The fraction of sp³-hybridized carbons (Fsp3) is 0.250. The molecule has 0 amide bonds. The Kier molecular flexibility index (Phi) is 3.01. The molecule has 1 aliphatic rings. The number of ether oxygens (including phenoxy) is 2. The quantitative estimate of drug-likeness (QED) is 0.900. The van der Waals surface area contributed by atoms with Crippen LogP contribution in [0.1, 0.15) is 5.56 Å². The fourth-order valence-electron chi connectivity index (χ4n) is 1.83. The van der Waals surface area contributed by atoms with Crippen molar-refractivity contribution in [3.63, 3.8) is 0 Å². The number of fused-ring (bicyclic) bond motifs is 1. The first-order valence-corrected chi connectivity index (χ1v) is 5.17. The van der Waals surface area contributed by atoms with Crippen molar-refractivity contribution in [2.45, 2.75) is 12.0 Å². The Balaban J connectivity index is 2.67. The summed E-state index contributed by atoms with van der Waals surface area (Å²) in [5, 5.41) is 8.97. The van der Waals surface area contributed by atoms with Gasteiger partial charge in [0.1, 0.15) is 11.3 Å². The third-order valence-electron chi connectivity index (χ3n) is 2.72. The number of para-hydroxylation sites is 1. The van der Waals surface area contributed by atoms with Gasteiger partial charge in [0.2, 0.25) is 0 Å². The van der Waals surface area contributed by atoms with Crippen molar-refractivity contribution < 1.29 is 32.5 Å². The molecular weight excluding hydrogens is 265 g/mol. The monoisotopic (exact) mass is 274 g/mol. The van der Waals surface area contributed by atoms with Crippen LogP contribution in [0.3, 0.4) is 0 Å². The average Bonchev–Trinajstić information content (AvgIpc) is 2.35. The zero-order chi connectivity index (χ0) is 14.3. The van der Waals surface area contributed by atoms with Crippen molar-refractivity contribution in [1.29, 1.82) is 0 Å². The molecule has 0 fully saturated rings. The number of halogens is 3. The van der Waals surface area contributed by atoms with Crippen LogP contribution in [0, 0.1) is 0 Å². The molecule has 19 heavy (non-hydrogen) atoms. The number of hydrogen-bond acceptors (Lipinski definition) is 3. The predicted octanol–water partition coefficient (Wildman–Crippen LogP) is 2.45. The van der Waals surface area contributed by atoms with Crippen LogP contribution in [0.5, 0.6) is 5.75 Å². The minimum absolute atomic E-state index is 0.0910. The van der Waals surface area contributed by atoms with Crippen molar-refractivity contribution in [2.24, 2.45) is 0 Å². The van der Waals surface area contributed by atoms with E-state index in [-0.39, 0.29) is 11.3 Å². The van der Waals surface area contributed by atoms with Gasteiger partial charge in [-0.1, -0.05) is 18.2 Å². The van der Waals surface area contributed by atoms with E-state index in [0.717, 1.165) is 13.2 Å². The Morgan fingerprint density at radius 3 is 2.53 bits per heavy atom. The van der Waals surface area contributed by atoms with Gasteiger partial charge >= 0.3 is 17.9 Å². The molecular formula is C12H9F3O4. The molecule has 2 rings (SSSR count). The van der Waals surface area contributed by atoms with Gasteiger partial charge < -0.3 is 14.6 Å². The van der Waals surface area contributed by atoms with E-state index >= 15 is 0 Å². The Bertz CT molecular complexity index is 550. The SMILES string of the molecule is COC1(C(F)(F)F)Oc2ccccc2C=C1C(=O)O. The van der Waals surface area contributed by atoms with Gasteiger partial charge in [-0.15, -0.1) is 0 Å². The minimum atomic E-state index is -5.03. The molecule has 1 aromatic rings. The number of methoxy groups -OCH3 is 1. The zero-order valence-electron chi connectivity index (χ0n) is 9.69. The zero-order valence-corrected chi connectivity index (χ0v) is 9.69. The molecule has 102 valence electrons. The van der Waals surface area contributed by atoms with Crippen LogP contribution in [-0.2, 0) is 9.53 Å². The van der Waals surface area contributed by atoms with E-state index in [0.29, 0.717) is 0 Å². The largest absolute Gasteiger partial charge is 0.478 e. The van der Waals surface area contributed by atoms with Gasteiger partial charge in [-0.05, 0) is 12.1 Å². The number of hydrogen-bond donors (Lipinski definition) is 1. The van der Waals surface area contributed by atoms with Crippen LogP contribution in [0.4, 0.5) is 13.2 Å². The molecule has 0 spiro atoms. The normalized spacial score (nSPS) is 22.2. The summed E-state index contributed by atoms with van der Waals surface area (Å²) in [6, 6.07) is 5.80. The van der Waals surface area contributed by atoms with Crippen molar-refractivity contribution in [2.75, 3.05) is 7.11 Å². The number of rotatable bonds is 2. The van der Waals surface area contributed by atoms with Crippen LogP contribution in [0.15, 0.2) is 29.8 Å². The lowest BCUT2D eigenvalue weighted by molar-refractivity contribution is -0.326. The molecule has 0 aromatic heterocycles. The average molecular weight is 274 g/mol. The molecule has 1 aromatic carbocycles. The van der Waals surface area contributed by atoms with E-state index in [1.165, 1.54) is 18.2 Å². The Morgan fingerprint density at radius 2 is 2.00 bits per heavy atom. The lowest BCUT2D eigenvalue weighted by atomic mass is 9.98. The third kappa shape index (κ3) is 1.95. The number of alkyl halides is 3. The Labute approximate surface area is 106 Å². The van der Waals surface area contributed by atoms with Crippen LogP contribution in [-0.4, -0.2) is 30.1 Å². The molecule has 0 saturated heterocycles. The second-order valence-electron chi connectivity index (χ2n) is 3.82. The molecule has 1 aliphatic heterocycles. The Hall–Kier alpha value is -2.02. The van der Waals surface area contributed by atoms with Crippen molar-refractivity contribution in [3.8, 4) is 5.75 Å². The van der Waals surface area contributed by atoms with Gasteiger partial charge in [-0.3, -0.25) is 0 Å². The summed E-state index contributed by atoms with van der Waals surface area (Å²) in [5.41, 5.74) is -0.766. The lowest BCUT2D eigenvalue weighted by Crippen LogP contribution is -2.56. The van der Waals surface area contributed by atoms with E-state index in [9.17, 15) is 18.0 Å². The van der Waals surface area contributed by atoms with E-state index in [2.05, 4.69) is 4.74 Å². The van der Waals surface area contributed by atoms with Crippen LogP contribution in [0.2, 0.25) is 0 Å². The van der Waals surface area contributed by atoms with Crippen molar-refractivity contribution in [1.82, 2.24) is 0 Å². The van der Waals surface area contributed by atoms with E-state index in [4.69, 9.17) is 9.84 Å². The molecule has 0 bridgehead atoms. The number of carboxylic acids is 1. The molecule has 7 heteroatoms. The first kappa shape index (κ1) is 13.4. The number of carboxylic acid groups (broad SMARTS) is 1. The lowest BCUT2D eigenvalue weighted by Gasteiger charge is -2.37.